The van der Waals surface area contributed by atoms with Crippen LogP contribution in [0.25, 0.3) is 26.7 Å². The zero-order chi connectivity index (χ0) is 25.5. The predicted molar refractivity (Wildman–Crippen MR) is 147 cm³/mol. The lowest BCUT2D eigenvalue weighted by molar-refractivity contribution is 0.0955. The summed E-state index contributed by atoms with van der Waals surface area (Å²) >= 11 is 1.63. The minimum atomic E-state index is -0.425. The number of aromatic hydroxyl groups is 1. The maximum absolute atomic E-state index is 13.6. The third-order valence-electron chi connectivity index (χ3n) is 6.83. The fourth-order valence-electron chi connectivity index (χ4n) is 5.04. The van der Waals surface area contributed by atoms with E-state index in [0.29, 0.717) is 28.0 Å². The normalized spacial score (nSPS) is 13.3. The molecule has 37 heavy (non-hydrogen) atoms. The number of hydrogen-bond acceptors (Lipinski definition) is 6. The second-order valence-electron chi connectivity index (χ2n) is 9.16. The molecule has 2 aromatic heterocycles. The molecule has 0 unspecified atom stereocenters. The molecule has 0 atom stereocenters. The average molecular weight is 509 g/mol. The van der Waals surface area contributed by atoms with Gasteiger partial charge < -0.3 is 5.11 Å². The number of carbonyl (C=O) groups excluding carboxylic acids is 1. The van der Waals surface area contributed by atoms with Gasteiger partial charge in [0, 0.05) is 16.0 Å². The number of hydrogen-bond donors (Lipinski definition) is 2. The molecule has 1 aliphatic rings. The Kier molecular flexibility index (Phi) is 5.81. The zero-order valence-electron chi connectivity index (χ0n) is 20.2. The summed E-state index contributed by atoms with van der Waals surface area (Å²) < 4.78 is 1.58. The number of carbonyl (C=O) groups is 1. The third kappa shape index (κ3) is 4.09. The molecule has 0 aliphatic heterocycles. The van der Waals surface area contributed by atoms with Gasteiger partial charge in [-0.1, -0.05) is 36.4 Å². The van der Waals surface area contributed by atoms with Crippen molar-refractivity contribution < 1.29 is 9.90 Å². The van der Waals surface area contributed by atoms with Crippen LogP contribution in [-0.4, -0.2) is 26.8 Å². The van der Waals surface area contributed by atoms with E-state index in [9.17, 15) is 14.7 Å². The van der Waals surface area contributed by atoms with E-state index in [-0.39, 0.29) is 11.3 Å². The van der Waals surface area contributed by atoms with Gasteiger partial charge in [0.2, 0.25) is 0 Å². The molecule has 0 spiro atoms. The molecule has 7 nitrogen and oxygen atoms in total. The highest BCUT2D eigenvalue weighted by atomic mass is 32.1. The van der Waals surface area contributed by atoms with Crippen molar-refractivity contribution in [1.82, 2.24) is 15.0 Å². The lowest BCUT2D eigenvalue weighted by atomic mass is 9.97. The molecule has 2 N–H and O–H groups in total. The van der Waals surface area contributed by atoms with Gasteiger partial charge in [0.05, 0.1) is 17.3 Å². The van der Waals surface area contributed by atoms with Crippen LogP contribution in [0.5, 0.6) is 5.75 Å². The van der Waals surface area contributed by atoms with Gasteiger partial charge in [-0.05, 0) is 73.2 Å². The molecule has 8 heteroatoms. The summed E-state index contributed by atoms with van der Waals surface area (Å²) in [5, 5.41) is 16.9. The van der Waals surface area contributed by atoms with E-state index in [4.69, 9.17) is 4.98 Å². The molecular weight excluding hydrogens is 484 g/mol. The Morgan fingerprint density at radius 2 is 1.95 bits per heavy atom. The highest BCUT2D eigenvalue weighted by Crippen LogP contribution is 2.34. The largest absolute Gasteiger partial charge is 0.507 e. The van der Waals surface area contributed by atoms with Gasteiger partial charge in [0.15, 0.2) is 0 Å². The second kappa shape index (κ2) is 9.29. The van der Waals surface area contributed by atoms with Gasteiger partial charge in [-0.25, -0.2) is 10.4 Å². The molecule has 184 valence electrons. The Morgan fingerprint density at radius 3 is 2.84 bits per heavy atom. The lowest BCUT2D eigenvalue weighted by Gasteiger charge is -2.12. The molecule has 1 aliphatic carbocycles. The van der Waals surface area contributed by atoms with Crippen LogP contribution in [0.2, 0.25) is 0 Å². The van der Waals surface area contributed by atoms with Crippen molar-refractivity contribution in [2.45, 2.75) is 32.6 Å². The number of thiophene rings is 1. The molecule has 1 amide bonds. The highest BCUT2D eigenvalue weighted by Gasteiger charge is 2.22. The number of phenols is 1. The first-order chi connectivity index (χ1) is 18.0. The number of fused-ring (bicyclic) bond motifs is 4. The molecule has 0 saturated carbocycles. The monoisotopic (exact) mass is 508 g/mol. The molecule has 0 radical (unpaired) electrons. The van der Waals surface area contributed by atoms with Crippen LogP contribution in [0.4, 0.5) is 0 Å². The van der Waals surface area contributed by atoms with Crippen LogP contribution in [0.15, 0.2) is 70.6 Å². The molecule has 6 rings (SSSR count). The molecule has 0 saturated heterocycles. The summed E-state index contributed by atoms with van der Waals surface area (Å²) in [6.07, 6.45) is 5.57. The number of nitrogens with zero attached hydrogens (tertiary/aromatic N) is 3. The van der Waals surface area contributed by atoms with E-state index in [1.165, 1.54) is 11.1 Å². The topological polar surface area (TPSA) is 96.6 Å². The standard InChI is InChI=1S/C29H24N4O3S/c1-17-31-28-26(22-11-4-5-12-25(22)37-28)29(36)33(17)20-9-6-8-19(15-20)27(35)32-30-16-23-21-10-3-2-7-18(21)13-14-24(23)34/h2-3,6-10,13-16,34H,4-5,11-12H2,1H3,(H,32,35)/b30-16+. The smallest absolute Gasteiger partial charge is 0.271 e. The Morgan fingerprint density at radius 1 is 1.11 bits per heavy atom. The first kappa shape index (κ1) is 23.1. The first-order valence-corrected chi connectivity index (χ1v) is 13.0. The van der Waals surface area contributed by atoms with Crippen molar-refractivity contribution in [3.8, 4) is 11.4 Å². The van der Waals surface area contributed by atoms with Crippen molar-refractivity contribution >= 4 is 44.4 Å². The molecule has 2 heterocycles. The first-order valence-electron chi connectivity index (χ1n) is 12.2. The van der Waals surface area contributed by atoms with E-state index >= 15 is 0 Å². The number of phenolic OH excluding ortho intramolecular Hbond substituents is 1. The van der Waals surface area contributed by atoms with Crippen LogP contribution < -0.4 is 11.0 Å². The average Bonchev–Trinajstić information content (AvgIpc) is 3.28. The summed E-state index contributed by atoms with van der Waals surface area (Å²) in [6, 6.07) is 17.9. The van der Waals surface area contributed by atoms with Crippen LogP contribution >= 0.6 is 11.3 Å². The van der Waals surface area contributed by atoms with E-state index in [0.717, 1.165) is 46.8 Å². The molecule has 5 aromatic rings. The number of hydrazone groups is 1. The van der Waals surface area contributed by atoms with Crippen molar-refractivity contribution in [1.29, 1.82) is 0 Å². The number of rotatable bonds is 4. The number of amides is 1. The third-order valence-corrected chi connectivity index (χ3v) is 8.02. The van der Waals surface area contributed by atoms with Gasteiger partial charge in [-0.2, -0.15) is 5.10 Å². The fraction of sp³-hybridized carbons (Fsp3) is 0.172. The fourth-order valence-corrected chi connectivity index (χ4v) is 6.33. The van der Waals surface area contributed by atoms with E-state index in [1.54, 1.807) is 46.2 Å². The molecule has 0 fully saturated rings. The molecular formula is C29H24N4O3S. The van der Waals surface area contributed by atoms with Crippen molar-refractivity contribution in [3.05, 3.63) is 98.4 Å². The Bertz CT molecular complexity index is 1780. The summed E-state index contributed by atoms with van der Waals surface area (Å²) in [6.45, 7) is 1.81. The van der Waals surface area contributed by atoms with Crippen LogP contribution in [0.1, 0.15) is 45.0 Å². The van der Waals surface area contributed by atoms with Crippen LogP contribution in [-0.2, 0) is 12.8 Å². The lowest BCUT2D eigenvalue weighted by Crippen LogP contribution is -2.23. The maximum Gasteiger partial charge on any atom is 0.271 e. The summed E-state index contributed by atoms with van der Waals surface area (Å²) in [7, 11) is 0. The molecule has 3 aromatic carbocycles. The summed E-state index contributed by atoms with van der Waals surface area (Å²) in [4.78, 5) is 33.3. The minimum Gasteiger partial charge on any atom is -0.507 e. The number of aromatic nitrogens is 2. The number of aryl methyl sites for hydroxylation is 3. The maximum atomic E-state index is 13.6. The SMILES string of the molecule is Cc1nc2sc3c(c2c(=O)n1-c1cccc(C(=O)N/N=C/c2c(O)ccc4ccccc24)c1)CCCC3. The van der Waals surface area contributed by atoms with E-state index < -0.39 is 5.91 Å². The van der Waals surface area contributed by atoms with Crippen molar-refractivity contribution in [2.24, 2.45) is 5.10 Å². The molecule has 0 bridgehead atoms. The van der Waals surface area contributed by atoms with Gasteiger partial charge in [0.25, 0.3) is 11.5 Å². The number of benzene rings is 3. The second-order valence-corrected chi connectivity index (χ2v) is 10.2. The van der Waals surface area contributed by atoms with E-state index in [2.05, 4.69) is 10.5 Å². The van der Waals surface area contributed by atoms with Gasteiger partial charge in [0.1, 0.15) is 16.4 Å². The summed E-state index contributed by atoms with van der Waals surface area (Å²) in [5.41, 5.74) is 5.03. The quantitative estimate of drug-likeness (QED) is 0.256. The van der Waals surface area contributed by atoms with Gasteiger partial charge in [-0.15, -0.1) is 11.3 Å². The van der Waals surface area contributed by atoms with Gasteiger partial charge in [-0.3, -0.25) is 14.2 Å². The van der Waals surface area contributed by atoms with Crippen molar-refractivity contribution in [2.75, 3.05) is 0 Å². The minimum absolute atomic E-state index is 0.0760. The Balaban J connectivity index is 1.31. The van der Waals surface area contributed by atoms with Crippen LogP contribution in [0, 0.1) is 6.92 Å². The van der Waals surface area contributed by atoms with Crippen LogP contribution in [0.3, 0.4) is 0 Å². The number of nitrogens with one attached hydrogen (secondary N) is 1. The van der Waals surface area contributed by atoms with Gasteiger partial charge >= 0.3 is 0 Å². The Labute approximate surface area is 216 Å². The Hall–Kier alpha value is -4.30. The zero-order valence-corrected chi connectivity index (χ0v) is 21.0. The van der Waals surface area contributed by atoms with E-state index in [1.807, 2.05) is 37.3 Å². The summed E-state index contributed by atoms with van der Waals surface area (Å²) in [5.74, 6) is 0.232. The predicted octanol–water partition coefficient (Wildman–Crippen LogP) is 5.26. The van der Waals surface area contributed by atoms with Crippen molar-refractivity contribution in [3.63, 3.8) is 0 Å². The highest BCUT2D eigenvalue weighted by molar-refractivity contribution is 7.18.